The summed E-state index contributed by atoms with van der Waals surface area (Å²) in [5.74, 6) is 0.224. The van der Waals surface area contributed by atoms with E-state index < -0.39 is 17.9 Å². The monoisotopic (exact) mass is 572 g/mol. The van der Waals surface area contributed by atoms with Gasteiger partial charge in [0, 0.05) is 16.1 Å². The molecule has 0 aliphatic heterocycles. The van der Waals surface area contributed by atoms with Crippen molar-refractivity contribution >= 4 is 54.1 Å². The average molecular weight is 573 g/mol. The molecule has 204 valence electrons. The molecule has 1 atom stereocenters. The fraction of sp³-hybridized carbons (Fsp3) is 0.233. The SMILES string of the molecule is CSCC[C@H](NC(=O)c1ccc(COCc2cnc(-c3ccc(Cl)cc3)o2)cc1-c1ccccc1C)C(=O)O.[LiH]. The zero-order chi connectivity index (χ0) is 27.8. The van der Waals surface area contributed by atoms with Gasteiger partial charge in [-0.15, -0.1) is 0 Å². The van der Waals surface area contributed by atoms with Crippen molar-refractivity contribution in [2.75, 3.05) is 12.0 Å². The van der Waals surface area contributed by atoms with E-state index in [2.05, 4.69) is 10.3 Å². The fourth-order valence-corrected chi connectivity index (χ4v) is 4.67. The first-order valence-electron chi connectivity index (χ1n) is 12.4. The Labute approximate surface area is 254 Å². The van der Waals surface area contributed by atoms with Gasteiger partial charge in [0.05, 0.1) is 12.8 Å². The minimum atomic E-state index is -1.05. The Hall–Kier alpha value is -2.99. The summed E-state index contributed by atoms with van der Waals surface area (Å²) in [7, 11) is 0. The third-order valence-electron chi connectivity index (χ3n) is 6.14. The number of nitrogens with zero attached hydrogens (tertiary/aromatic N) is 1. The molecule has 0 aliphatic rings. The zero-order valence-corrected chi connectivity index (χ0v) is 23.2. The second-order valence-electron chi connectivity index (χ2n) is 8.97. The normalized spacial score (nSPS) is 11.5. The Morgan fingerprint density at radius 1 is 1.07 bits per heavy atom. The molecule has 0 unspecified atom stereocenters. The van der Waals surface area contributed by atoms with Crippen LogP contribution in [0.25, 0.3) is 22.6 Å². The number of carbonyl (C=O) groups excluding carboxylic acids is 1. The number of thioether (sulfide) groups is 1. The van der Waals surface area contributed by atoms with Crippen LogP contribution in [-0.2, 0) is 22.7 Å². The number of hydrogen-bond donors (Lipinski definition) is 2. The van der Waals surface area contributed by atoms with Crippen LogP contribution in [0, 0.1) is 6.92 Å². The van der Waals surface area contributed by atoms with Crippen LogP contribution < -0.4 is 5.32 Å². The van der Waals surface area contributed by atoms with Crippen LogP contribution in [0.5, 0.6) is 0 Å². The van der Waals surface area contributed by atoms with Gasteiger partial charge in [-0.2, -0.15) is 11.8 Å². The van der Waals surface area contributed by atoms with Gasteiger partial charge in [0.1, 0.15) is 12.6 Å². The van der Waals surface area contributed by atoms with E-state index in [4.69, 9.17) is 20.8 Å². The number of carboxylic acid groups (broad SMARTS) is 1. The predicted octanol–water partition coefficient (Wildman–Crippen LogP) is 5.97. The van der Waals surface area contributed by atoms with Crippen LogP contribution in [0.2, 0.25) is 5.02 Å². The Kier molecular flexibility index (Phi) is 11.9. The molecule has 2 N–H and O–H groups in total. The first-order chi connectivity index (χ1) is 18.9. The maximum absolute atomic E-state index is 13.2. The van der Waals surface area contributed by atoms with Crippen LogP contribution in [0.15, 0.2) is 77.3 Å². The molecule has 10 heteroatoms. The van der Waals surface area contributed by atoms with Crippen molar-refractivity contribution in [2.24, 2.45) is 0 Å². The van der Waals surface area contributed by atoms with Crippen LogP contribution >= 0.6 is 23.4 Å². The molecule has 4 aromatic rings. The van der Waals surface area contributed by atoms with Crippen molar-refractivity contribution in [1.29, 1.82) is 0 Å². The summed E-state index contributed by atoms with van der Waals surface area (Å²) < 4.78 is 11.7. The first-order valence-corrected chi connectivity index (χ1v) is 14.1. The summed E-state index contributed by atoms with van der Waals surface area (Å²) in [6, 6.07) is 19.5. The molecular weight excluding hydrogens is 543 g/mol. The molecule has 3 aromatic carbocycles. The minimum absolute atomic E-state index is 0. The second-order valence-corrected chi connectivity index (χ2v) is 10.4. The number of aliphatic carboxylic acids is 1. The number of amides is 1. The average Bonchev–Trinajstić information content (AvgIpc) is 3.40. The van der Waals surface area contributed by atoms with Crippen LogP contribution in [-0.4, -0.2) is 58.9 Å². The number of oxazole rings is 1. The molecule has 1 heterocycles. The van der Waals surface area contributed by atoms with Crippen molar-refractivity contribution in [3.63, 3.8) is 0 Å². The standard InChI is InChI=1S/C30H29ClN2O5S.Li.H/c1-19-5-3-4-6-24(19)26-15-20(7-12-25(26)28(34)33-27(30(35)36)13-14-39-2)17-37-18-23-16-32-29(38-23)21-8-10-22(31)11-9-21;;/h3-12,15-16,27H,13-14,17-18H2,1-2H3,(H,33,34)(H,35,36);;/t27-;;/m0../s1. The molecule has 1 aromatic heterocycles. The molecule has 4 rings (SSSR count). The number of hydrogen-bond acceptors (Lipinski definition) is 6. The van der Waals surface area contributed by atoms with E-state index in [1.807, 2.05) is 61.7 Å². The van der Waals surface area contributed by atoms with Crippen LogP contribution in [0.1, 0.15) is 33.7 Å². The molecule has 40 heavy (non-hydrogen) atoms. The van der Waals surface area contributed by atoms with E-state index in [1.165, 1.54) is 11.8 Å². The number of ether oxygens (including phenoxy) is 1. The Bertz CT molecular complexity index is 1440. The second kappa shape index (κ2) is 15.1. The number of nitrogens with one attached hydrogen (secondary N) is 1. The van der Waals surface area contributed by atoms with Gasteiger partial charge in [0.15, 0.2) is 5.76 Å². The van der Waals surface area contributed by atoms with Gasteiger partial charge in [-0.3, -0.25) is 4.79 Å². The number of rotatable bonds is 12. The number of carbonyl (C=O) groups is 2. The molecular formula is C30H30ClLiN2O5S. The van der Waals surface area contributed by atoms with E-state index in [9.17, 15) is 14.7 Å². The van der Waals surface area contributed by atoms with E-state index in [-0.39, 0.29) is 32.1 Å². The van der Waals surface area contributed by atoms with Crippen molar-refractivity contribution in [3.05, 3.63) is 100 Å². The van der Waals surface area contributed by atoms with E-state index in [0.29, 0.717) is 40.0 Å². The van der Waals surface area contributed by atoms with E-state index in [1.54, 1.807) is 24.4 Å². The van der Waals surface area contributed by atoms with Gasteiger partial charge < -0.3 is 19.6 Å². The van der Waals surface area contributed by atoms with Gasteiger partial charge in [-0.1, -0.05) is 41.9 Å². The van der Waals surface area contributed by atoms with Crippen molar-refractivity contribution in [2.45, 2.75) is 32.6 Å². The molecule has 0 spiro atoms. The van der Waals surface area contributed by atoms with Crippen molar-refractivity contribution in [1.82, 2.24) is 10.3 Å². The number of aryl methyl sites for hydroxylation is 1. The van der Waals surface area contributed by atoms with E-state index >= 15 is 0 Å². The number of carboxylic acids is 1. The van der Waals surface area contributed by atoms with Crippen molar-refractivity contribution < 1.29 is 23.8 Å². The van der Waals surface area contributed by atoms with Gasteiger partial charge >= 0.3 is 24.8 Å². The van der Waals surface area contributed by atoms with Gasteiger partial charge in [0.25, 0.3) is 5.91 Å². The Morgan fingerprint density at radius 2 is 1.82 bits per heavy atom. The molecule has 7 nitrogen and oxygen atoms in total. The Morgan fingerprint density at radius 3 is 2.52 bits per heavy atom. The van der Waals surface area contributed by atoms with Gasteiger partial charge in [0.2, 0.25) is 5.89 Å². The number of benzene rings is 3. The summed E-state index contributed by atoms with van der Waals surface area (Å²) in [4.78, 5) is 29.3. The number of aromatic nitrogens is 1. The zero-order valence-electron chi connectivity index (χ0n) is 21.6. The summed E-state index contributed by atoms with van der Waals surface area (Å²) >= 11 is 7.49. The topological polar surface area (TPSA) is 102 Å². The Balaban J connectivity index is 0.00000441. The molecule has 0 fully saturated rings. The quantitative estimate of drug-likeness (QED) is 0.202. The maximum atomic E-state index is 13.2. The summed E-state index contributed by atoms with van der Waals surface area (Å²) in [6.07, 6.45) is 3.88. The third-order valence-corrected chi connectivity index (χ3v) is 7.03. The van der Waals surface area contributed by atoms with E-state index in [0.717, 1.165) is 22.3 Å². The molecule has 0 radical (unpaired) electrons. The molecule has 0 bridgehead atoms. The third kappa shape index (κ3) is 8.26. The summed E-state index contributed by atoms with van der Waals surface area (Å²) in [6.45, 7) is 2.47. The molecule has 0 saturated carbocycles. The predicted molar refractivity (Wildman–Crippen MR) is 161 cm³/mol. The van der Waals surface area contributed by atoms with Gasteiger partial charge in [-0.05, 0) is 84.0 Å². The fourth-order valence-electron chi connectivity index (χ4n) is 4.08. The van der Waals surface area contributed by atoms with Crippen LogP contribution in [0.4, 0.5) is 0 Å². The van der Waals surface area contributed by atoms with Gasteiger partial charge in [-0.25, -0.2) is 9.78 Å². The van der Waals surface area contributed by atoms with Crippen LogP contribution in [0.3, 0.4) is 0 Å². The molecule has 0 aliphatic carbocycles. The van der Waals surface area contributed by atoms with Crippen molar-refractivity contribution in [3.8, 4) is 22.6 Å². The molecule has 0 saturated heterocycles. The molecule has 1 amide bonds. The first kappa shape index (κ1) is 31.5. The summed E-state index contributed by atoms with van der Waals surface area (Å²) in [5, 5.41) is 12.9. The summed E-state index contributed by atoms with van der Waals surface area (Å²) in [5.41, 5.74) is 4.69. The number of halogens is 1.